The molecule has 0 heterocycles. The number of halogens is 3. The van der Waals surface area contributed by atoms with Gasteiger partial charge in [0.15, 0.2) is 0 Å². The van der Waals surface area contributed by atoms with Crippen LogP contribution < -0.4 is 15.8 Å². The Kier molecular flexibility index (Phi) is 4.55. The smallest absolute Gasteiger partial charge is 0.406 e. The van der Waals surface area contributed by atoms with Gasteiger partial charge in [0.2, 0.25) is 0 Å². The minimum Gasteiger partial charge on any atom is -0.406 e. The second-order valence-corrected chi connectivity index (χ2v) is 3.68. The van der Waals surface area contributed by atoms with E-state index >= 15 is 0 Å². The molecule has 1 unspecified atom stereocenters. The number of carbonyl (C=O) groups excluding carboxylic acids is 1. The third-order valence-corrected chi connectivity index (χ3v) is 2.08. The fraction of sp³-hybridized carbons (Fsp3) is 0.364. The largest absolute Gasteiger partial charge is 0.573 e. The van der Waals surface area contributed by atoms with Gasteiger partial charge < -0.3 is 15.8 Å². The SMILES string of the molecule is CC(CN)NC(=O)c1ccc(OC(F)(F)F)cc1. The maximum Gasteiger partial charge on any atom is 0.573 e. The van der Waals surface area contributed by atoms with E-state index in [4.69, 9.17) is 5.73 Å². The predicted octanol–water partition coefficient (Wildman–Crippen LogP) is 1.66. The van der Waals surface area contributed by atoms with E-state index in [0.29, 0.717) is 0 Å². The van der Waals surface area contributed by atoms with Crippen molar-refractivity contribution in [2.24, 2.45) is 5.73 Å². The zero-order valence-electron chi connectivity index (χ0n) is 9.62. The molecule has 1 rings (SSSR count). The van der Waals surface area contributed by atoms with E-state index in [2.05, 4.69) is 10.1 Å². The number of hydrogen-bond donors (Lipinski definition) is 2. The lowest BCUT2D eigenvalue weighted by atomic mass is 10.2. The fourth-order valence-electron chi connectivity index (χ4n) is 1.17. The van der Waals surface area contributed by atoms with Crippen molar-refractivity contribution in [1.29, 1.82) is 0 Å². The highest BCUT2D eigenvalue weighted by molar-refractivity contribution is 5.94. The van der Waals surface area contributed by atoms with E-state index in [-0.39, 0.29) is 23.9 Å². The summed E-state index contributed by atoms with van der Waals surface area (Å²) in [4.78, 5) is 11.6. The van der Waals surface area contributed by atoms with Crippen LogP contribution in [0.4, 0.5) is 13.2 Å². The van der Waals surface area contributed by atoms with Gasteiger partial charge in [-0.15, -0.1) is 13.2 Å². The Labute approximate surface area is 102 Å². The third kappa shape index (κ3) is 4.62. The number of nitrogens with two attached hydrogens (primary N) is 1. The van der Waals surface area contributed by atoms with Gasteiger partial charge in [0.1, 0.15) is 5.75 Å². The Bertz CT molecular complexity index is 404. The van der Waals surface area contributed by atoms with Gasteiger partial charge in [-0.3, -0.25) is 4.79 Å². The summed E-state index contributed by atoms with van der Waals surface area (Å²) in [5, 5.41) is 2.59. The Morgan fingerprint density at radius 3 is 2.39 bits per heavy atom. The van der Waals surface area contributed by atoms with Gasteiger partial charge in [-0.1, -0.05) is 0 Å². The average molecular weight is 262 g/mol. The Balaban J connectivity index is 2.68. The quantitative estimate of drug-likeness (QED) is 0.867. The van der Waals surface area contributed by atoms with Crippen molar-refractivity contribution in [1.82, 2.24) is 5.32 Å². The first-order chi connectivity index (χ1) is 8.31. The van der Waals surface area contributed by atoms with Crippen molar-refractivity contribution < 1.29 is 22.7 Å². The van der Waals surface area contributed by atoms with Crippen LogP contribution in [0.25, 0.3) is 0 Å². The number of carbonyl (C=O) groups is 1. The standard InChI is InChI=1S/C11H13F3N2O2/c1-7(6-15)16-10(17)8-2-4-9(5-3-8)18-11(12,13)14/h2-5,7H,6,15H2,1H3,(H,16,17). The normalized spacial score (nSPS) is 12.9. The summed E-state index contributed by atoms with van der Waals surface area (Å²) in [6.07, 6.45) is -4.74. The molecule has 0 bridgehead atoms. The number of rotatable bonds is 4. The summed E-state index contributed by atoms with van der Waals surface area (Å²) >= 11 is 0. The van der Waals surface area contributed by atoms with Crippen LogP contribution in [0.2, 0.25) is 0 Å². The van der Waals surface area contributed by atoms with E-state index in [0.717, 1.165) is 12.1 Å². The molecule has 0 fully saturated rings. The minimum atomic E-state index is -4.74. The summed E-state index contributed by atoms with van der Waals surface area (Å²) in [5.74, 6) is -0.766. The Hall–Kier alpha value is -1.76. The van der Waals surface area contributed by atoms with E-state index in [1.165, 1.54) is 12.1 Å². The van der Waals surface area contributed by atoms with Crippen LogP contribution in [0.1, 0.15) is 17.3 Å². The molecule has 0 saturated carbocycles. The van der Waals surface area contributed by atoms with E-state index in [1.54, 1.807) is 6.92 Å². The molecular formula is C11H13F3N2O2. The molecule has 1 atom stereocenters. The highest BCUT2D eigenvalue weighted by Crippen LogP contribution is 2.22. The fourth-order valence-corrected chi connectivity index (χ4v) is 1.17. The summed E-state index contributed by atoms with van der Waals surface area (Å²) in [5.41, 5.74) is 5.57. The molecule has 18 heavy (non-hydrogen) atoms. The number of ether oxygens (including phenoxy) is 1. The van der Waals surface area contributed by atoms with Gasteiger partial charge >= 0.3 is 6.36 Å². The lowest BCUT2D eigenvalue weighted by Gasteiger charge is -2.12. The molecule has 1 aromatic rings. The second-order valence-electron chi connectivity index (χ2n) is 3.68. The van der Waals surface area contributed by atoms with Crippen molar-refractivity contribution in [3.63, 3.8) is 0 Å². The van der Waals surface area contributed by atoms with E-state index in [9.17, 15) is 18.0 Å². The molecule has 0 spiro atoms. The lowest BCUT2D eigenvalue weighted by molar-refractivity contribution is -0.274. The highest BCUT2D eigenvalue weighted by atomic mass is 19.4. The molecule has 0 aliphatic carbocycles. The van der Waals surface area contributed by atoms with Crippen LogP contribution in [-0.2, 0) is 0 Å². The summed E-state index contributed by atoms with van der Waals surface area (Å²) in [6, 6.07) is 4.45. The molecule has 1 amide bonds. The zero-order chi connectivity index (χ0) is 13.8. The molecule has 1 aromatic carbocycles. The molecule has 3 N–H and O–H groups in total. The first kappa shape index (κ1) is 14.3. The molecule has 0 radical (unpaired) electrons. The van der Waals surface area contributed by atoms with Crippen LogP contribution in [-0.4, -0.2) is 24.9 Å². The van der Waals surface area contributed by atoms with Crippen molar-refractivity contribution in [2.75, 3.05) is 6.54 Å². The summed E-state index contributed by atoms with van der Waals surface area (Å²) in [6.45, 7) is 2.00. The highest BCUT2D eigenvalue weighted by Gasteiger charge is 2.31. The maximum absolute atomic E-state index is 11.9. The van der Waals surface area contributed by atoms with Gasteiger partial charge in [0.25, 0.3) is 5.91 Å². The topological polar surface area (TPSA) is 64.3 Å². The van der Waals surface area contributed by atoms with Gasteiger partial charge in [-0.05, 0) is 31.2 Å². The first-order valence-electron chi connectivity index (χ1n) is 5.18. The monoisotopic (exact) mass is 262 g/mol. The minimum absolute atomic E-state index is 0.205. The van der Waals surface area contributed by atoms with Crippen molar-refractivity contribution in [3.05, 3.63) is 29.8 Å². The Morgan fingerprint density at radius 2 is 1.94 bits per heavy atom. The molecule has 100 valence electrons. The number of amides is 1. The molecule has 4 nitrogen and oxygen atoms in total. The number of hydrogen-bond acceptors (Lipinski definition) is 3. The van der Waals surface area contributed by atoms with Gasteiger partial charge in [-0.25, -0.2) is 0 Å². The number of benzene rings is 1. The van der Waals surface area contributed by atoms with Crippen LogP contribution >= 0.6 is 0 Å². The number of alkyl halides is 3. The molecular weight excluding hydrogens is 249 g/mol. The number of nitrogens with one attached hydrogen (secondary N) is 1. The van der Waals surface area contributed by atoms with Gasteiger partial charge in [-0.2, -0.15) is 0 Å². The van der Waals surface area contributed by atoms with E-state index in [1.807, 2.05) is 0 Å². The second kappa shape index (κ2) is 5.72. The summed E-state index contributed by atoms with van der Waals surface area (Å²) in [7, 11) is 0. The first-order valence-corrected chi connectivity index (χ1v) is 5.18. The molecule has 0 aliphatic rings. The molecule has 0 saturated heterocycles. The summed E-state index contributed by atoms with van der Waals surface area (Å²) < 4.78 is 39.4. The van der Waals surface area contributed by atoms with Crippen molar-refractivity contribution in [2.45, 2.75) is 19.3 Å². The Morgan fingerprint density at radius 1 is 1.39 bits per heavy atom. The van der Waals surface area contributed by atoms with Gasteiger partial charge in [0, 0.05) is 18.2 Å². The average Bonchev–Trinajstić information content (AvgIpc) is 2.27. The predicted molar refractivity (Wildman–Crippen MR) is 59.1 cm³/mol. The zero-order valence-corrected chi connectivity index (χ0v) is 9.62. The third-order valence-electron chi connectivity index (χ3n) is 2.08. The van der Waals surface area contributed by atoms with Gasteiger partial charge in [0.05, 0.1) is 0 Å². The molecule has 7 heteroatoms. The van der Waals surface area contributed by atoms with E-state index < -0.39 is 12.3 Å². The maximum atomic E-state index is 11.9. The van der Waals surface area contributed by atoms with Crippen LogP contribution in [0.15, 0.2) is 24.3 Å². The molecule has 0 aromatic heterocycles. The van der Waals surface area contributed by atoms with Crippen LogP contribution in [0, 0.1) is 0 Å². The molecule has 0 aliphatic heterocycles. The van der Waals surface area contributed by atoms with Crippen LogP contribution in [0.3, 0.4) is 0 Å². The lowest BCUT2D eigenvalue weighted by Crippen LogP contribution is -2.37. The van der Waals surface area contributed by atoms with Crippen molar-refractivity contribution in [3.8, 4) is 5.75 Å². The van der Waals surface area contributed by atoms with Crippen LogP contribution in [0.5, 0.6) is 5.75 Å². The van der Waals surface area contributed by atoms with Crippen molar-refractivity contribution >= 4 is 5.91 Å².